The van der Waals surface area contributed by atoms with E-state index in [4.69, 9.17) is 24.3 Å². The molecule has 0 aromatic carbocycles. The van der Waals surface area contributed by atoms with Gasteiger partial charge in [0.25, 0.3) is 0 Å². The summed E-state index contributed by atoms with van der Waals surface area (Å²) in [7, 11) is -4.28. The number of ether oxygens (including phenoxy) is 2. The minimum absolute atomic E-state index is 0.0962. The second-order valence-electron chi connectivity index (χ2n) is 14.6. The van der Waals surface area contributed by atoms with Crippen molar-refractivity contribution in [2.24, 2.45) is 5.73 Å². The van der Waals surface area contributed by atoms with Crippen LogP contribution in [0.5, 0.6) is 0 Å². The SMILES string of the molecule is CCCCCCCC/C=C\CCCCCCCCCC(=O)OC(COCCCCCCCC/C=C\CCCCCCCC)COP(=O)(O)OCCN. The second kappa shape index (κ2) is 41.1. The molecule has 0 heterocycles. The number of carbonyl (C=O) groups is 1. The van der Waals surface area contributed by atoms with Gasteiger partial charge in [0.2, 0.25) is 0 Å². The van der Waals surface area contributed by atoms with Gasteiger partial charge in [0.1, 0.15) is 6.10 Å². The fourth-order valence-electron chi connectivity index (χ4n) is 6.10. The summed E-state index contributed by atoms with van der Waals surface area (Å²) in [6, 6.07) is 0. The summed E-state index contributed by atoms with van der Waals surface area (Å²) in [5.74, 6) is -0.335. The van der Waals surface area contributed by atoms with Crippen LogP contribution in [0.15, 0.2) is 24.3 Å². The molecular formula is C43H84NO7P. The number of allylic oxidation sites excluding steroid dienone is 4. The lowest BCUT2D eigenvalue weighted by Gasteiger charge is -2.20. The first-order valence-electron chi connectivity index (χ1n) is 21.8. The molecule has 0 saturated heterocycles. The van der Waals surface area contributed by atoms with Gasteiger partial charge in [-0.25, -0.2) is 4.57 Å². The van der Waals surface area contributed by atoms with E-state index in [1.165, 1.54) is 154 Å². The molecule has 2 unspecified atom stereocenters. The van der Waals surface area contributed by atoms with Crippen molar-refractivity contribution in [3.63, 3.8) is 0 Å². The summed E-state index contributed by atoms with van der Waals surface area (Å²) in [5.41, 5.74) is 5.37. The van der Waals surface area contributed by atoms with Crippen LogP contribution in [0.4, 0.5) is 0 Å². The van der Waals surface area contributed by atoms with Crippen molar-refractivity contribution in [1.82, 2.24) is 0 Å². The molecule has 0 aliphatic rings. The Bertz CT molecular complexity index is 853. The largest absolute Gasteiger partial charge is 0.472 e. The molecule has 8 nitrogen and oxygen atoms in total. The monoisotopic (exact) mass is 758 g/mol. The molecule has 0 rings (SSSR count). The van der Waals surface area contributed by atoms with Crippen molar-refractivity contribution in [3.05, 3.63) is 24.3 Å². The number of hydrogen-bond donors (Lipinski definition) is 2. The Morgan fingerprint density at radius 1 is 0.558 bits per heavy atom. The van der Waals surface area contributed by atoms with Crippen molar-refractivity contribution in [2.45, 2.75) is 213 Å². The maximum Gasteiger partial charge on any atom is 0.472 e. The molecule has 0 aliphatic carbocycles. The zero-order valence-corrected chi connectivity index (χ0v) is 35.0. The number of carbonyl (C=O) groups excluding carboxylic acids is 1. The van der Waals surface area contributed by atoms with Gasteiger partial charge in [0, 0.05) is 19.6 Å². The van der Waals surface area contributed by atoms with Crippen LogP contribution in [0.2, 0.25) is 0 Å². The van der Waals surface area contributed by atoms with Crippen LogP contribution in [0.3, 0.4) is 0 Å². The van der Waals surface area contributed by atoms with Gasteiger partial charge in [-0.3, -0.25) is 13.8 Å². The summed E-state index contributed by atoms with van der Waals surface area (Å²) < 4.78 is 33.4. The number of phosphoric ester groups is 1. The highest BCUT2D eigenvalue weighted by Gasteiger charge is 2.25. The summed E-state index contributed by atoms with van der Waals surface area (Å²) >= 11 is 0. The van der Waals surface area contributed by atoms with Crippen LogP contribution in [-0.2, 0) is 27.9 Å². The van der Waals surface area contributed by atoms with E-state index in [1.54, 1.807) is 0 Å². The van der Waals surface area contributed by atoms with Gasteiger partial charge >= 0.3 is 13.8 Å². The molecule has 0 radical (unpaired) electrons. The number of rotatable bonds is 42. The molecule has 0 aromatic heterocycles. The lowest BCUT2D eigenvalue weighted by atomic mass is 10.1. The molecule has 2 atom stereocenters. The van der Waals surface area contributed by atoms with Crippen molar-refractivity contribution >= 4 is 13.8 Å². The fraction of sp³-hybridized carbons (Fsp3) is 0.884. The first kappa shape index (κ1) is 51.0. The van der Waals surface area contributed by atoms with Crippen molar-refractivity contribution in [2.75, 3.05) is 33.0 Å². The van der Waals surface area contributed by atoms with E-state index >= 15 is 0 Å². The lowest BCUT2D eigenvalue weighted by Crippen LogP contribution is -2.28. The molecule has 0 saturated carbocycles. The summed E-state index contributed by atoms with van der Waals surface area (Å²) in [4.78, 5) is 22.5. The smallest absolute Gasteiger partial charge is 0.457 e. The van der Waals surface area contributed by atoms with Gasteiger partial charge in [-0.05, 0) is 64.2 Å². The van der Waals surface area contributed by atoms with Crippen LogP contribution in [-0.4, -0.2) is 49.9 Å². The fourth-order valence-corrected chi connectivity index (χ4v) is 6.87. The average Bonchev–Trinajstić information content (AvgIpc) is 3.13. The molecule has 0 fully saturated rings. The van der Waals surface area contributed by atoms with Gasteiger partial charge < -0.3 is 20.1 Å². The second-order valence-corrected chi connectivity index (χ2v) is 16.0. The third kappa shape index (κ3) is 40.2. The molecule has 0 spiro atoms. The van der Waals surface area contributed by atoms with E-state index in [0.29, 0.717) is 13.0 Å². The van der Waals surface area contributed by atoms with Crippen LogP contribution < -0.4 is 5.73 Å². The third-order valence-electron chi connectivity index (χ3n) is 9.34. The quantitative estimate of drug-likeness (QED) is 0.0273. The van der Waals surface area contributed by atoms with E-state index in [-0.39, 0.29) is 32.3 Å². The third-order valence-corrected chi connectivity index (χ3v) is 10.3. The number of nitrogens with two attached hydrogens (primary N) is 1. The van der Waals surface area contributed by atoms with Crippen LogP contribution >= 0.6 is 7.82 Å². The summed E-state index contributed by atoms with van der Waals surface area (Å²) in [5, 5.41) is 0. The Labute approximate surface area is 321 Å². The van der Waals surface area contributed by atoms with Gasteiger partial charge in [-0.2, -0.15) is 0 Å². The highest BCUT2D eigenvalue weighted by atomic mass is 31.2. The lowest BCUT2D eigenvalue weighted by molar-refractivity contribution is -0.154. The average molecular weight is 758 g/mol. The molecule has 52 heavy (non-hydrogen) atoms. The highest BCUT2D eigenvalue weighted by molar-refractivity contribution is 7.47. The van der Waals surface area contributed by atoms with E-state index in [0.717, 1.165) is 32.1 Å². The molecular weight excluding hydrogens is 673 g/mol. The Hall–Kier alpha value is -1.02. The molecule has 0 aromatic rings. The Morgan fingerprint density at radius 3 is 1.40 bits per heavy atom. The van der Waals surface area contributed by atoms with Crippen LogP contribution in [0.25, 0.3) is 0 Å². The van der Waals surface area contributed by atoms with Gasteiger partial charge in [-0.1, -0.05) is 160 Å². The normalized spacial score (nSPS) is 13.7. The number of esters is 1. The zero-order valence-electron chi connectivity index (χ0n) is 34.1. The minimum Gasteiger partial charge on any atom is -0.457 e. The van der Waals surface area contributed by atoms with E-state index < -0.39 is 13.9 Å². The first-order chi connectivity index (χ1) is 25.4. The number of unbranched alkanes of at least 4 members (excludes halogenated alkanes) is 25. The van der Waals surface area contributed by atoms with Gasteiger partial charge in [0.05, 0.1) is 19.8 Å². The van der Waals surface area contributed by atoms with Gasteiger partial charge in [0.15, 0.2) is 0 Å². The number of phosphoric acid groups is 1. The minimum atomic E-state index is -4.28. The van der Waals surface area contributed by atoms with Crippen LogP contribution in [0.1, 0.15) is 206 Å². The van der Waals surface area contributed by atoms with E-state index in [1.807, 2.05) is 0 Å². The van der Waals surface area contributed by atoms with Crippen molar-refractivity contribution in [1.29, 1.82) is 0 Å². The first-order valence-corrected chi connectivity index (χ1v) is 23.3. The van der Waals surface area contributed by atoms with Crippen molar-refractivity contribution in [3.8, 4) is 0 Å². The topological polar surface area (TPSA) is 117 Å². The highest BCUT2D eigenvalue weighted by Crippen LogP contribution is 2.43. The molecule has 308 valence electrons. The standard InChI is InChI=1S/C43H84NO7P/c1-3-5-7-9-11-13-15-17-19-21-22-24-26-28-30-32-34-36-43(45)51-42(41-50-52(46,47)49-39-37-44)40-48-38-35-33-31-29-27-25-23-20-18-16-14-12-10-8-6-4-2/h17-20,42H,3-16,21-41,44H2,1-2H3,(H,46,47)/b19-17-,20-18-. The molecule has 9 heteroatoms. The number of hydrogen-bond acceptors (Lipinski definition) is 7. The predicted molar refractivity (Wildman–Crippen MR) is 220 cm³/mol. The van der Waals surface area contributed by atoms with E-state index in [9.17, 15) is 14.3 Å². The predicted octanol–water partition coefficient (Wildman–Crippen LogP) is 12.9. The summed E-state index contributed by atoms with van der Waals surface area (Å²) in [6.07, 6.45) is 44.7. The summed E-state index contributed by atoms with van der Waals surface area (Å²) in [6.45, 7) is 4.92. The zero-order chi connectivity index (χ0) is 38.1. The molecule has 0 amide bonds. The van der Waals surface area contributed by atoms with Crippen LogP contribution in [0, 0.1) is 0 Å². The molecule has 0 aliphatic heterocycles. The molecule has 0 bridgehead atoms. The van der Waals surface area contributed by atoms with E-state index in [2.05, 4.69) is 38.2 Å². The van der Waals surface area contributed by atoms with Gasteiger partial charge in [-0.15, -0.1) is 0 Å². The molecule has 3 N–H and O–H groups in total. The Kier molecular flexibility index (Phi) is 40.3. The Morgan fingerprint density at radius 2 is 0.962 bits per heavy atom. The maximum atomic E-state index is 12.6. The maximum absolute atomic E-state index is 12.6. The van der Waals surface area contributed by atoms with Crippen molar-refractivity contribution < 1.29 is 32.8 Å². The Balaban J connectivity index is 4.03.